The molecule has 0 radical (unpaired) electrons. The smallest absolute Gasteiger partial charge is 0.227 e. The van der Waals surface area contributed by atoms with Crippen molar-refractivity contribution >= 4 is 16.7 Å². The van der Waals surface area contributed by atoms with Gasteiger partial charge in [0.05, 0.1) is 0 Å². The van der Waals surface area contributed by atoms with Gasteiger partial charge in [-0.15, -0.1) is 0 Å². The molecule has 1 aliphatic rings. The molecule has 1 heterocycles. The summed E-state index contributed by atoms with van der Waals surface area (Å²) in [6, 6.07) is 6.87. The van der Waals surface area contributed by atoms with Gasteiger partial charge in [-0.05, 0) is 47.6 Å². The van der Waals surface area contributed by atoms with Crippen LogP contribution in [0.4, 0.5) is 5.13 Å². The standard InChI is InChI=1S/C13H16N4S/c1-17(13-14-15-16-18-13)9-10-6-7-11-4-2-3-5-12(11)8-10/h6-8H,2-5,9H2,1H3. The Morgan fingerprint density at radius 3 is 2.83 bits per heavy atom. The van der Waals surface area contributed by atoms with E-state index >= 15 is 0 Å². The highest BCUT2D eigenvalue weighted by Gasteiger charge is 2.11. The molecule has 18 heavy (non-hydrogen) atoms. The third kappa shape index (κ3) is 2.36. The molecule has 0 atom stereocenters. The molecule has 0 N–H and O–H groups in total. The van der Waals surface area contributed by atoms with Crippen LogP contribution in [0.5, 0.6) is 0 Å². The molecule has 1 aromatic heterocycles. The second-order valence-electron chi connectivity index (χ2n) is 4.81. The third-order valence-corrected chi connectivity index (χ3v) is 4.16. The van der Waals surface area contributed by atoms with E-state index in [9.17, 15) is 0 Å². The first-order chi connectivity index (χ1) is 8.83. The Labute approximate surface area is 111 Å². The van der Waals surface area contributed by atoms with Gasteiger partial charge in [-0.25, -0.2) is 0 Å². The molecular formula is C13H16N4S. The molecule has 0 saturated heterocycles. The van der Waals surface area contributed by atoms with E-state index in [2.05, 4.69) is 37.9 Å². The van der Waals surface area contributed by atoms with Gasteiger partial charge < -0.3 is 4.90 Å². The lowest BCUT2D eigenvalue weighted by atomic mass is 9.90. The first-order valence-electron chi connectivity index (χ1n) is 6.30. The topological polar surface area (TPSA) is 41.9 Å². The molecule has 0 aliphatic heterocycles. The Bertz CT molecular complexity index is 524. The molecule has 3 rings (SSSR count). The van der Waals surface area contributed by atoms with E-state index in [4.69, 9.17) is 0 Å². The Kier molecular flexibility index (Phi) is 3.23. The Balaban J connectivity index is 1.77. The van der Waals surface area contributed by atoms with Crippen molar-refractivity contribution in [1.29, 1.82) is 0 Å². The first-order valence-corrected chi connectivity index (χ1v) is 7.07. The molecule has 0 bridgehead atoms. The van der Waals surface area contributed by atoms with Crippen LogP contribution < -0.4 is 4.90 Å². The number of aromatic nitrogens is 3. The Morgan fingerprint density at radius 2 is 2.06 bits per heavy atom. The minimum Gasteiger partial charge on any atom is -0.344 e. The highest BCUT2D eigenvalue weighted by Crippen LogP contribution is 2.23. The zero-order chi connectivity index (χ0) is 12.4. The number of rotatable bonds is 3. The van der Waals surface area contributed by atoms with Crippen molar-refractivity contribution in [3.05, 3.63) is 34.9 Å². The quantitative estimate of drug-likeness (QED) is 0.850. The fourth-order valence-electron chi connectivity index (χ4n) is 2.50. The van der Waals surface area contributed by atoms with Crippen LogP contribution in [-0.4, -0.2) is 21.8 Å². The average Bonchev–Trinajstić information content (AvgIpc) is 2.92. The van der Waals surface area contributed by atoms with Gasteiger partial charge in [0.1, 0.15) is 0 Å². The zero-order valence-corrected chi connectivity index (χ0v) is 11.3. The van der Waals surface area contributed by atoms with E-state index in [-0.39, 0.29) is 0 Å². The second kappa shape index (κ2) is 5.02. The van der Waals surface area contributed by atoms with E-state index in [0.29, 0.717) is 0 Å². The zero-order valence-electron chi connectivity index (χ0n) is 10.5. The summed E-state index contributed by atoms with van der Waals surface area (Å²) in [7, 11) is 2.03. The molecule has 2 aromatic rings. The molecule has 0 saturated carbocycles. The van der Waals surface area contributed by atoms with Crippen LogP contribution in [0.15, 0.2) is 18.2 Å². The summed E-state index contributed by atoms with van der Waals surface area (Å²) in [4.78, 5) is 2.09. The lowest BCUT2D eigenvalue weighted by molar-refractivity contribution is 0.684. The second-order valence-corrected chi connectivity index (χ2v) is 5.52. The maximum Gasteiger partial charge on any atom is 0.227 e. The number of hydrogen-bond acceptors (Lipinski definition) is 5. The van der Waals surface area contributed by atoms with Crippen molar-refractivity contribution < 1.29 is 0 Å². The predicted molar refractivity (Wildman–Crippen MR) is 72.9 cm³/mol. The molecule has 4 nitrogen and oxygen atoms in total. The number of hydrogen-bond donors (Lipinski definition) is 0. The average molecular weight is 260 g/mol. The summed E-state index contributed by atoms with van der Waals surface area (Å²) < 4.78 is 3.79. The van der Waals surface area contributed by atoms with Gasteiger partial charge in [0, 0.05) is 25.1 Å². The van der Waals surface area contributed by atoms with Crippen LogP contribution in [0.3, 0.4) is 0 Å². The third-order valence-electron chi connectivity index (χ3n) is 3.45. The van der Waals surface area contributed by atoms with E-state index in [1.807, 2.05) is 7.05 Å². The largest absolute Gasteiger partial charge is 0.344 e. The summed E-state index contributed by atoms with van der Waals surface area (Å²) >= 11 is 1.33. The van der Waals surface area contributed by atoms with E-state index in [1.54, 1.807) is 0 Å². The Morgan fingerprint density at radius 1 is 1.22 bits per heavy atom. The van der Waals surface area contributed by atoms with Gasteiger partial charge in [0.2, 0.25) is 5.13 Å². The van der Waals surface area contributed by atoms with Crippen LogP contribution in [0, 0.1) is 0 Å². The maximum atomic E-state index is 3.98. The van der Waals surface area contributed by atoms with Gasteiger partial charge >= 0.3 is 0 Å². The lowest BCUT2D eigenvalue weighted by Crippen LogP contribution is -2.16. The summed E-state index contributed by atoms with van der Waals surface area (Å²) in [6.45, 7) is 0.865. The minimum atomic E-state index is 0.865. The predicted octanol–water partition coefficient (Wildman–Crippen LogP) is 2.45. The van der Waals surface area contributed by atoms with Crippen LogP contribution in [0.2, 0.25) is 0 Å². The fraction of sp³-hybridized carbons (Fsp3) is 0.462. The highest BCUT2D eigenvalue weighted by atomic mass is 32.1. The van der Waals surface area contributed by atoms with Crippen molar-refractivity contribution in [2.75, 3.05) is 11.9 Å². The van der Waals surface area contributed by atoms with E-state index in [0.717, 1.165) is 11.7 Å². The molecular weight excluding hydrogens is 244 g/mol. The van der Waals surface area contributed by atoms with Gasteiger partial charge in [-0.3, -0.25) is 0 Å². The molecule has 1 aliphatic carbocycles. The summed E-state index contributed by atoms with van der Waals surface area (Å²) in [5, 5.41) is 8.48. The van der Waals surface area contributed by atoms with Crippen molar-refractivity contribution in [3.8, 4) is 0 Å². The normalized spacial score (nSPS) is 14.3. The number of fused-ring (bicyclic) bond motifs is 1. The van der Waals surface area contributed by atoms with Gasteiger partial charge in [-0.1, -0.05) is 27.8 Å². The number of benzene rings is 1. The summed E-state index contributed by atoms with van der Waals surface area (Å²) in [5.41, 5.74) is 4.40. The first kappa shape index (κ1) is 11.6. The lowest BCUT2D eigenvalue weighted by Gasteiger charge is -2.19. The van der Waals surface area contributed by atoms with Crippen LogP contribution in [-0.2, 0) is 19.4 Å². The number of aryl methyl sites for hydroxylation is 2. The van der Waals surface area contributed by atoms with Crippen LogP contribution in [0.25, 0.3) is 0 Å². The highest BCUT2D eigenvalue weighted by molar-refractivity contribution is 7.09. The molecule has 5 heteroatoms. The summed E-state index contributed by atoms with van der Waals surface area (Å²) in [6.07, 6.45) is 5.13. The molecule has 1 aromatic carbocycles. The van der Waals surface area contributed by atoms with Gasteiger partial charge in [0.15, 0.2) is 0 Å². The SMILES string of the molecule is CN(Cc1ccc2c(c1)CCCC2)c1nnns1. The van der Waals surface area contributed by atoms with Crippen molar-refractivity contribution in [2.24, 2.45) is 0 Å². The van der Waals surface area contributed by atoms with Crippen LogP contribution >= 0.6 is 11.5 Å². The number of nitrogens with zero attached hydrogens (tertiary/aromatic N) is 4. The van der Waals surface area contributed by atoms with Gasteiger partial charge in [-0.2, -0.15) is 0 Å². The van der Waals surface area contributed by atoms with Crippen LogP contribution in [0.1, 0.15) is 29.5 Å². The molecule has 94 valence electrons. The van der Waals surface area contributed by atoms with Crippen molar-refractivity contribution in [2.45, 2.75) is 32.2 Å². The molecule has 0 spiro atoms. The molecule has 0 unspecified atom stereocenters. The number of anilines is 1. The van der Waals surface area contributed by atoms with Gasteiger partial charge in [0.25, 0.3) is 0 Å². The summed E-state index contributed by atoms with van der Waals surface area (Å²) in [5.74, 6) is 0. The fourth-order valence-corrected chi connectivity index (χ4v) is 2.93. The minimum absolute atomic E-state index is 0.865. The van der Waals surface area contributed by atoms with Crippen molar-refractivity contribution in [3.63, 3.8) is 0 Å². The molecule has 0 fully saturated rings. The Hall–Kier alpha value is -1.49. The van der Waals surface area contributed by atoms with E-state index < -0.39 is 0 Å². The molecule has 0 amide bonds. The maximum absolute atomic E-state index is 3.98. The van der Waals surface area contributed by atoms with E-state index in [1.165, 1.54) is 53.9 Å². The monoisotopic (exact) mass is 260 g/mol. The van der Waals surface area contributed by atoms with Crippen molar-refractivity contribution in [1.82, 2.24) is 14.8 Å².